The van der Waals surface area contributed by atoms with Crippen molar-refractivity contribution >= 4 is 37.3 Å². The molecular weight excluding hydrogens is 446 g/mol. The van der Waals surface area contributed by atoms with Crippen LogP contribution in [-0.2, 0) is 29.4 Å². The van der Waals surface area contributed by atoms with Crippen LogP contribution in [0.1, 0.15) is 18.5 Å². The lowest BCUT2D eigenvalue weighted by Gasteiger charge is -2.30. The summed E-state index contributed by atoms with van der Waals surface area (Å²) in [5.41, 5.74) is 6.78. The Hall–Kier alpha value is -2.80. The molecule has 0 aliphatic carbocycles. The fourth-order valence-electron chi connectivity index (χ4n) is 3.07. The highest BCUT2D eigenvalue weighted by molar-refractivity contribution is 7.91. The van der Waals surface area contributed by atoms with Crippen LogP contribution in [0.5, 0.6) is 5.75 Å². The number of nitrogens with zero attached hydrogens (tertiary/aromatic N) is 1. The normalized spacial score (nSPS) is 15.2. The largest absolute Gasteiger partial charge is 0.423 e. The number of ether oxygens (including phenoxy) is 1. The van der Waals surface area contributed by atoms with Gasteiger partial charge in [0.05, 0.1) is 33.8 Å². The van der Waals surface area contributed by atoms with Gasteiger partial charge in [-0.15, -0.1) is 0 Å². The van der Waals surface area contributed by atoms with Gasteiger partial charge in [0.25, 0.3) is 0 Å². The standard InChI is InChI=1S/C19H21N3O7S2/c1-2-30(25,26)14-7-8-15-17(9-14)29-18(24)11-22(15)10-16(23)19(20)12-3-5-13(6-4-12)31(21,27)28/h3-9,19H,2,10-11,20H2,1H3,(H2,21,27,28). The van der Waals surface area contributed by atoms with E-state index in [0.717, 1.165) is 0 Å². The lowest BCUT2D eigenvalue weighted by Crippen LogP contribution is -2.42. The number of ketones is 1. The van der Waals surface area contributed by atoms with Gasteiger partial charge in [-0.25, -0.2) is 26.8 Å². The molecule has 10 nitrogen and oxygen atoms in total. The Bertz CT molecular complexity index is 1240. The number of carbonyl (C=O) groups excluding carboxylic acids is 2. The fourth-order valence-corrected chi connectivity index (χ4v) is 4.48. The molecule has 0 saturated carbocycles. The van der Waals surface area contributed by atoms with Gasteiger partial charge >= 0.3 is 5.97 Å². The summed E-state index contributed by atoms with van der Waals surface area (Å²) < 4.78 is 52.0. The molecule has 2 aromatic carbocycles. The van der Waals surface area contributed by atoms with E-state index in [1.807, 2.05) is 0 Å². The molecule has 2 aromatic rings. The minimum Gasteiger partial charge on any atom is -0.423 e. The van der Waals surface area contributed by atoms with Crippen molar-refractivity contribution in [2.45, 2.75) is 22.8 Å². The molecule has 0 spiro atoms. The van der Waals surface area contributed by atoms with E-state index < -0.39 is 37.7 Å². The van der Waals surface area contributed by atoms with Gasteiger partial charge in [0.2, 0.25) is 10.0 Å². The molecule has 1 aliphatic heterocycles. The highest BCUT2D eigenvalue weighted by atomic mass is 32.2. The van der Waals surface area contributed by atoms with Gasteiger partial charge in [-0.05, 0) is 29.8 Å². The molecule has 1 atom stereocenters. The number of fused-ring (bicyclic) bond motifs is 1. The Labute approximate surface area is 179 Å². The average molecular weight is 468 g/mol. The van der Waals surface area contributed by atoms with Crippen molar-refractivity contribution in [1.82, 2.24) is 0 Å². The summed E-state index contributed by atoms with van der Waals surface area (Å²) in [6, 6.07) is 8.34. The van der Waals surface area contributed by atoms with Crippen LogP contribution in [0, 0.1) is 0 Å². The summed E-state index contributed by atoms with van der Waals surface area (Å²) in [7, 11) is -7.37. The van der Waals surface area contributed by atoms with Gasteiger partial charge in [0, 0.05) is 6.07 Å². The molecule has 1 aliphatic rings. The molecule has 1 unspecified atom stereocenters. The minimum absolute atomic E-state index is 0.0152. The van der Waals surface area contributed by atoms with Crippen LogP contribution in [-0.4, -0.2) is 47.4 Å². The van der Waals surface area contributed by atoms with E-state index in [1.54, 1.807) is 0 Å². The summed E-state index contributed by atoms with van der Waals surface area (Å²) in [6.45, 7) is 1.05. The molecule has 0 aromatic heterocycles. The molecule has 0 bridgehead atoms. The molecule has 31 heavy (non-hydrogen) atoms. The van der Waals surface area contributed by atoms with Crippen LogP contribution in [0.2, 0.25) is 0 Å². The van der Waals surface area contributed by atoms with E-state index in [-0.39, 0.29) is 34.4 Å². The molecule has 1 heterocycles. The van der Waals surface area contributed by atoms with E-state index >= 15 is 0 Å². The van der Waals surface area contributed by atoms with E-state index in [2.05, 4.69) is 0 Å². The highest BCUT2D eigenvalue weighted by Gasteiger charge is 2.29. The quantitative estimate of drug-likeness (QED) is 0.424. The van der Waals surface area contributed by atoms with Gasteiger partial charge in [-0.3, -0.25) is 4.79 Å². The van der Waals surface area contributed by atoms with Crippen molar-refractivity contribution in [2.75, 3.05) is 23.7 Å². The van der Waals surface area contributed by atoms with Crippen molar-refractivity contribution < 1.29 is 31.2 Å². The first-order valence-electron chi connectivity index (χ1n) is 9.16. The molecule has 0 amide bonds. The van der Waals surface area contributed by atoms with Crippen molar-refractivity contribution in [3.8, 4) is 5.75 Å². The lowest BCUT2D eigenvalue weighted by atomic mass is 10.0. The van der Waals surface area contributed by atoms with Gasteiger partial charge < -0.3 is 15.4 Å². The van der Waals surface area contributed by atoms with Crippen molar-refractivity contribution in [2.24, 2.45) is 10.9 Å². The third-order valence-electron chi connectivity index (χ3n) is 4.82. The number of sulfone groups is 1. The molecular formula is C19H21N3O7S2. The summed E-state index contributed by atoms with van der Waals surface area (Å²) in [5, 5.41) is 5.06. The van der Waals surface area contributed by atoms with Crippen molar-refractivity contribution in [1.29, 1.82) is 0 Å². The zero-order valence-corrected chi connectivity index (χ0v) is 18.1. The zero-order valence-electron chi connectivity index (χ0n) is 16.5. The number of rotatable bonds is 7. The number of nitrogens with two attached hydrogens (primary N) is 2. The smallest absolute Gasteiger partial charge is 0.331 e. The van der Waals surface area contributed by atoms with Crippen molar-refractivity contribution in [3.05, 3.63) is 48.0 Å². The number of benzene rings is 2. The van der Waals surface area contributed by atoms with Crippen LogP contribution in [0.3, 0.4) is 0 Å². The molecule has 0 saturated heterocycles. The van der Waals surface area contributed by atoms with Gasteiger partial charge in [0.15, 0.2) is 21.4 Å². The molecule has 0 fully saturated rings. The average Bonchev–Trinajstić information content (AvgIpc) is 2.72. The first-order valence-corrected chi connectivity index (χ1v) is 12.4. The van der Waals surface area contributed by atoms with E-state index in [0.29, 0.717) is 11.3 Å². The van der Waals surface area contributed by atoms with Gasteiger partial charge in [-0.1, -0.05) is 19.1 Å². The Balaban J connectivity index is 1.83. The SMILES string of the molecule is CCS(=O)(=O)c1ccc2c(c1)OC(=O)CN2CC(=O)C(N)c1ccc(S(N)(=O)=O)cc1. The number of esters is 1. The van der Waals surface area contributed by atoms with Crippen LogP contribution in [0.15, 0.2) is 52.3 Å². The number of hydrogen-bond donors (Lipinski definition) is 2. The third kappa shape index (κ3) is 4.93. The maximum atomic E-state index is 12.7. The number of primary sulfonamides is 1. The summed E-state index contributed by atoms with van der Waals surface area (Å²) in [4.78, 5) is 26.1. The van der Waals surface area contributed by atoms with Gasteiger partial charge in [0.1, 0.15) is 6.54 Å². The Morgan fingerprint density at radius 1 is 1.10 bits per heavy atom. The molecule has 166 valence electrons. The maximum absolute atomic E-state index is 12.7. The first kappa shape index (κ1) is 22.9. The van der Waals surface area contributed by atoms with Crippen LogP contribution < -0.4 is 20.5 Å². The van der Waals surface area contributed by atoms with Crippen molar-refractivity contribution in [3.63, 3.8) is 0 Å². The predicted octanol–water partition coefficient (Wildman–Crippen LogP) is 0.122. The predicted molar refractivity (Wildman–Crippen MR) is 112 cm³/mol. The molecule has 4 N–H and O–H groups in total. The van der Waals surface area contributed by atoms with Gasteiger partial charge in [-0.2, -0.15) is 0 Å². The second-order valence-corrected chi connectivity index (χ2v) is 10.8. The van der Waals surface area contributed by atoms with Crippen LogP contribution in [0.4, 0.5) is 5.69 Å². The number of Topliss-reactive ketones (excluding diaryl/α,β-unsaturated/α-hetero) is 1. The summed E-state index contributed by atoms with van der Waals surface area (Å²) in [5.74, 6) is -1.14. The monoisotopic (exact) mass is 467 g/mol. The zero-order chi connectivity index (χ0) is 23.0. The van der Waals surface area contributed by atoms with Crippen LogP contribution >= 0.6 is 0 Å². The lowest BCUT2D eigenvalue weighted by molar-refractivity contribution is -0.133. The molecule has 12 heteroatoms. The molecule has 3 rings (SSSR count). The second-order valence-electron chi connectivity index (χ2n) is 6.92. The topological polar surface area (TPSA) is 167 Å². The second kappa shape index (κ2) is 8.38. The fraction of sp³-hybridized carbons (Fsp3) is 0.263. The van der Waals surface area contributed by atoms with E-state index in [4.69, 9.17) is 15.6 Å². The van der Waals surface area contributed by atoms with E-state index in [1.165, 1.54) is 54.3 Å². The number of hydrogen-bond acceptors (Lipinski definition) is 9. The highest BCUT2D eigenvalue weighted by Crippen LogP contribution is 2.34. The minimum atomic E-state index is -3.87. The maximum Gasteiger partial charge on any atom is 0.331 e. The number of anilines is 1. The summed E-state index contributed by atoms with van der Waals surface area (Å²) in [6.07, 6.45) is 0. The Kier molecular flexibility index (Phi) is 6.18. The number of carbonyl (C=O) groups is 2. The molecule has 0 radical (unpaired) electrons. The third-order valence-corrected chi connectivity index (χ3v) is 7.48. The van der Waals surface area contributed by atoms with E-state index in [9.17, 15) is 26.4 Å². The first-order chi connectivity index (χ1) is 14.4. The number of sulfonamides is 1. The summed E-state index contributed by atoms with van der Waals surface area (Å²) >= 11 is 0. The van der Waals surface area contributed by atoms with Crippen LogP contribution in [0.25, 0.3) is 0 Å². The Morgan fingerprint density at radius 3 is 2.29 bits per heavy atom. The Morgan fingerprint density at radius 2 is 1.71 bits per heavy atom.